The molecule has 0 saturated heterocycles. The molecule has 0 fully saturated rings. The molecule has 0 amide bonds. The minimum atomic E-state index is 0.0853. The summed E-state index contributed by atoms with van der Waals surface area (Å²) < 4.78 is 9.16. The SMILES string of the molecule is CC1=NO[Si-]O1. The van der Waals surface area contributed by atoms with Crippen LogP contribution < -0.4 is 0 Å². The Morgan fingerprint density at radius 2 is 2.67 bits per heavy atom. The fraction of sp³-hybridized carbons (Fsp3) is 0.500. The first-order chi connectivity index (χ1) is 2.89. The minimum absolute atomic E-state index is 0.0853. The summed E-state index contributed by atoms with van der Waals surface area (Å²) in [6.07, 6.45) is 0. The van der Waals surface area contributed by atoms with Crippen molar-refractivity contribution in [3.63, 3.8) is 0 Å². The van der Waals surface area contributed by atoms with Gasteiger partial charge in [0.15, 0.2) is 5.90 Å². The van der Waals surface area contributed by atoms with Crippen molar-refractivity contribution in [3.05, 3.63) is 0 Å². The van der Waals surface area contributed by atoms with Gasteiger partial charge in [-0.25, -0.2) is 0 Å². The van der Waals surface area contributed by atoms with E-state index in [2.05, 4.69) is 9.68 Å². The van der Waals surface area contributed by atoms with Crippen molar-refractivity contribution in [2.24, 2.45) is 5.16 Å². The molecule has 1 heterocycles. The highest BCUT2D eigenvalue weighted by Gasteiger charge is 1.85. The summed E-state index contributed by atoms with van der Waals surface area (Å²) in [6.45, 7) is 1.75. The van der Waals surface area contributed by atoms with E-state index >= 15 is 0 Å². The van der Waals surface area contributed by atoms with E-state index in [-0.39, 0.29) is 10.0 Å². The molecule has 4 heteroatoms. The number of nitrogens with zero attached hydrogens (tertiary/aromatic N) is 1. The number of hydrogen-bond donors (Lipinski definition) is 0. The normalized spacial score (nSPS) is 18.5. The monoisotopic (exact) mass is 101 g/mol. The molecule has 3 nitrogen and oxygen atoms in total. The summed E-state index contributed by atoms with van der Waals surface area (Å²) in [5.41, 5.74) is 0. The molecule has 0 bridgehead atoms. The molecule has 0 aromatic carbocycles. The Morgan fingerprint density at radius 1 is 1.83 bits per heavy atom. The number of rotatable bonds is 0. The number of oxime groups is 1. The van der Waals surface area contributed by atoms with E-state index in [4.69, 9.17) is 4.43 Å². The van der Waals surface area contributed by atoms with Gasteiger partial charge >= 0.3 is 0 Å². The zero-order chi connectivity index (χ0) is 4.41. The highest BCUT2D eigenvalue weighted by atomic mass is 28.3. The van der Waals surface area contributed by atoms with Crippen molar-refractivity contribution in [1.82, 2.24) is 0 Å². The maximum Gasteiger partial charge on any atom is 0.173 e. The molecule has 0 unspecified atom stereocenters. The molecule has 6 heavy (non-hydrogen) atoms. The molecule has 0 N–H and O–H groups in total. The van der Waals surface area contributed by atoms with Crippen LogP contribution in [0.3, 0.4) is 0 Å². The highest BCUT2D eigenvalue weighted by Crippen LogP contribution is 1.89. The summed E-state index contributed by atoms with van der Waals surface area (Å²) in [6, 6.07) is 0. The van der Waals surface area contributed by atoms with Crippen LogP contribution in [0.5, 0.6) is 0 Å². The van der Waals surface area contributed by atoms with Crippen LogP contribution in [-0.2, 0) is 8.95 Å². The van der Waals surface area contributed by atoms with E-state index in [0.29, 0.717) is 5.90 Å². The van der Waals surface area contributed by atoms with Crippen molar-refractivity contribution in [1.29, 1.82) is 0 Å². The second-order valence-corrected chi connectivity index (χ2v) is 1.44. The van der Waals surface area contributed by atoms with Crippen molar-refractivity contribution in [2.45, 2.75) is 6.92 Å². The average molecular weight is 101 g/mol. The predicted octanol–water partition coefficient (Wildman–Crippen LogP) is -0.0992. The molecule has 0 saturated carbocycles. The van der Waals surface area contributed by atoms with E-state index in [1.54, 1.807) is 6.92 Å². The van der Waals surface area contributed by atoms with E-state index in [9.17, 15) is 0 Å². The molecule has 1 rings (SSSR count). The van der Waals surface area contributed by atoms with Crippen molar-refractivity contribution in [2.75, 3.05) is 0 Å². The van der Waals surface area contributed by atoms with Crippen molar-refractivity contribution >= 4 is 15.9 Å². The maximum atomic E-state index is 4.71. The van der Waals surface area contributed by atoms with Gasteiger partial charge in [-0.2, -0.15) is 0 Å². The van der Waals surface area contributed by atoms with E-state index in [1.165, 1.54) is 0 Å². The third-order valence-electron chi connectivity index (χ3n) is 0.401. The third-order valence-corrected chi connectivity index (χ3v) is 0.945. The Balaban J connectivity index is 2.45. The second kappa shape index (κ2) is 1.30. The smallest absolute Gasteiger partial charge is 0.173 e. The summed E-state index contributed by atoms with van der Waals surface area (Å²) >= 11 is 0. The average Bonchev–Trinajstić information content (AvgIpc) is 1.86. The summed E-state index contributed by atoms with van der Waals surface area (Å²) in [5, 5.41) is 3.44. The Kier molecular flexibility index (Phi) is 0.793. The van der Waals surface area contributed by atoms with Gasteiger partial charge in [0.05, 0.1) is 0 Å². The van der Waals surface area contributed by atoms with Gasteiger partial charge in [-0.3, -0.25) is 0 Å². The second-order valence-electron chi connectivity index (χ2n) is 0.887. The van der Waals surface area contributed by atoms with Crippen LogP contribution >= 0.6 is 0 Å². The Labute approximate surface area is 38.0 Å². The molecule has 1 aliphatic rings. The Morgan fingerprint density at radius 3 is 2.83 bits per heavy atom. The van der Waals surface area contributed by atoms with Crippen LogP contribution in [0.15, 0.2) is 5.16 Å². The molecular weight excluding hydrogens is 98.1 g/mol. The Bertz CT molecular complexity index is 81.6. The fourth-order valence-corrected chi connectivity index (χ4v) is 0.541. The van der Waals surface area contributed by atoms with E-state index < -0.39 is 0 Å². The summed E-state index contributed by atoms with van der Waals surface area (Å²) in [5.74, 6) is 0.619. The molecule has 1 radical (unpaired) electrons. The molecule has 0 atom stereocenters. The first kappa shape index (κ1) is 3.67. The number of hydrogen-bond acceptors (Lipinski definition) is 3. The van der Waals surface area contributed by atoms with Crippen LogP contribution in [0, 0.1) is 0 Å². The zero-order valence-electron chi connectivity index (χ0n) is 3.26. The third kappa shape index (κ3) is 0.512. The van der Waals surface area contributed by atoms with E-state index in [1.807, 2.05) is 0 Å². The molecule has 0 spiro atoms. The van der Waals surface area contributed by atoms with E-state index in [0.717, 1.165) is 0 Å². The molecule has 0 aromatic rings. The van der Waals surface area contributed by atoms with Gasteiger partial charge in [0.1, 0.15) is 10.0 Å². The molecule has 1 aliphatic heterocycles. The molecule has 0 aliphatic carbocycles. The highest BCUT2D eigenvalue weighted by molar-refractivity contribution is 6.24. The molecular formula is C2H3NO2Si-. The topological polar surface area (TPSA) is 30.8 Å². The largest absolute Gasteiger partial charge is 0.681 e. The van der Waals surface area contributed by atoms with Crippen LogP contribution in [0.25, 0.3) is 0 Å². The summed E-state index contributed by atoms with van der Waals surface area (Å²) in [4.78, 5) is 0. The molecule has 33 valence electrons. The lowest BCUT2D eigenvalue weighted by atomic mass is 10.8. The predicted molar refractivity (Wildman–Crippen MR) is 21.0 cm³/mol. The first-order valence-corrected chi connectivity index (χ1v) is 2.34. The van der Waals surface area contributed by atoms with Crippen molar-refractivity contribution in [3.8, 4) is 0 Å². The van der Waals surface area contributed by atoms with Gasteiger partial charge in [-0.15, -0.1) is 5.16 Å². The van der Waals surface area contributed by atoms with Gasteiger partial charge in [0, 0.05) is 6.92 Å². The lowest BCUT2D eigenvalue weighted by Crippen LogP contribution is -1.93. The van der Waals surface area contributed by atoms with Crippen LogP contribution in [0.2, 0.25) is 0 Å². The Hall–Kier alpha value is -0.513. The van der Waals surface area contributed by atoms with Crippen LogP contribution in [-0.4, -0.2) is 15.9 Å². The van der Waals surface area contributed by atoms with Gasteiger partial charge in [-0.1, -0.05) is 0 Å². The van der Waals surface area contributed by atoms with Gasteiger partial charge in [0.2, 0.25) is 0 Å². The standard InChI is InChI=1S/C2H3NO2Si/c1-2-3-5-6-4-2/h1H3/q-1. The fourth-order valence-electron chi connectivity index (χ4n) is 0.180. The maximum absolute atomic E-state index is 4.71. The van der Waals surface area contributed by atoms with Gasteiger partial charge in [-0.05, 0) is 0 Å². The first-order valence-electron chi connectivity index (χ1n) is 1.52. The van der Waals surface area contributed by atoms with Gasteiger partial charge in [0.25, 0.3) is 0 Å². The quantitative estimate of drug-likeness (QED) is 0.399. The zero-order valence-corrected chi connectivity index (χ0v) is 4.26. The minimum Gasteiger partial charge on any atom is -0.681 e. The lowest BCUT2D eigenvalue weighted by Gasteiger charge is -2.00. The van der Waals surface area contributed by atoms with Crippen LogP contribution in [0.4, 0.5) is 0 Å². The van der Waals surface area contributed by atoms with Gasteiger partial charge < -0.3 is 8.95 Å². The molecule has 0 aromatic heterocycles. The van der Waals surface area contributed by atoms with Crippen molar-refractivity contribution < 1.29 is 8.95 Å². The van der Waals surface area contributed by atoms with Crippen LogP contribution in [0.1, 0.15) is 6.92 Å². The summed E-state index contributed by atoms with van der Waals surface area (Å²) in [7, 11) is 0.0853. The lowest BCUT2D eigenvalue weighted by molar-refractivity contribution is 0.355.